The number of nitrogens with two attached hydrogens (primary N) is 1. The van der Waals surface area contributed by atoms with Crippen LogP contribution in [0.15, 0.2) is 18.3 Å². The van der Waals surface area contributed by atoms with E-state index in [1.807, 2.05) is 0 Å². The van der Waals surface area contributed by atoms with Crippen LogP contribution in [0.3, 0.4) is 0 Å². The number of amides is 1. The van der Waals surface area contributed by atoms with Gasteiger partial charge >= 0.3 is 0 Å². The zero-order valence-corrected chi connectivity index (χ0v) is 19.8. The van der Waals surface area contributed by atoms with E-state index in [0.717, 1.165) is 29.5 Å². The maximum Gasteiger partial charge on any atom is 0.223 e. The summed E-state index contributed by atoms with van der Waals surface area (Å²) in [6.07, 6.45) is 6.71. The standard InChI is InChI=1S/C21H21Cl2N7O2S/c22-11-8-25-19-15(14(11)26-13-10-2-1-9(7-10)12(13)18(24)31)27-20(29-19)16-17(23)28-21(33-16)30-3-5-32-6-4-30/h1-2,8-10,12-13H,3-7H2,(H2,24,31)(H2,25,26,27,29). The monoisotopic (exact) mass is 505 g/mol. The summed E-state index contributed by atoms with van der Waals surface area (Å²) in [6, 6.07) is -0.132. The number of nitrogens with one attached hydrogen (secondary N) is 2. The molecule has 0 aromatic carbocycles. The molecular formula is C21H21Cl2N7O2S. The first-order chi connectivity index (χ1) is 16.0. The Labute approximate surface area is 203 Å². The fourth-order valence-corrected chi connectivity index (χ4v) is 6.57. The number of hydrogen-bond donors (Lipinski definition) is 3. The van der Waals surface area contributed by atoms with Gasteiger partial charge in [0, 0.05) is 19.1 Å². The van der Waals surface area contributed by atoms with E-state index < -0.39 is 0 Å². The number of rotatable bonds is 5. The molecule has 0 spiro atoms. The van der Waals surface area contributed by atoms with Crippen molar-refractivity contribution in [2.24, 2.45) is 23.5 Å². The number of carbonyl (C=O) groups excluding carboxylic acids is 1. The van der Waals surface area contributed by atoms with Gasteiger partial charge in [0.15, 0.2) is 21.8 Å². The molecule has 2 fully saturated rings. The molecular weight excluding hydrogens is 485 g/mol. The first kappa shape index (κ1) is 21.2. The Bertz CT molecular complexity index is 1270. The molecule has 33 heavy (non-hydrogen) atoms. The summed E-state index contributed by atoms with van der Waals surface area (Å²) in [4.78, 5) is 31.9. The van der Waals surface area contributed by atoms with Gasteiger partial charge in [-0.1, -0.05) is 46.7 Å². The van der Waals surface area contributed by atoms with Crippen LogP contribution in [0, 0.1) is 17.8 Å². The summed E-state index contributed by atoms with van der Waals surface area (Å²) in [5.74, 6) is 0.371. The Kier molecular flexibility index (Phi) is 5.21. The fraction of sp³-hybridized carbons (Fsp3) is 0.429. The van der Waals surface area contributed by atoms with E-state index in [2.05, 4.69) is 42.3 Å². The largest absolute Gasteiger partial charge is 0.378 e. The van der Waals surface area contributed by atoms with Gasteiger partial charge in [-0.15, -0.1) is 0 Å². The zero-order valence-electron chi connectivity index (χ0n) is 17.4. The van der Waals surface area contributed by atoms with Crippen molar-refractivity contribution in [1.82, 2.24) is 19.9 Å². The number of pyridine rings is 1. The molecule has 2 bridgehead atoms. The minimum absolute atomic E-state index is 0.132. The van der Waals surface area contributed by atoms with Gasteiger partial charge in [-0.05, 0) is 18.3 Å². The number of halogens is 2. The van der Waals surface area contributed by atoms with Crippen LogP contribution >= 0.6 is 34.5 Å². The number of aromatic amines is 1. The summed E-state index contributed by atoms with van der Waals surface area (Å²) in [6.45, 7) is 2.87. The van der Waals surface area contributed by atoms with Gasteiger partial charge < -0.3 is 25.7 Å². The van der Waals surface area contributed by atoms with Crippen molar-refractivity contribution in [3.05, 3.63) is 28.5 Å². The van der Waals surface area contributed by atoms with Crippen LogP contribution in [-0.4, -0.2) is 58.2 Å². The Balaban J connectivity index is 1.36. The van der Waals surface area contributed by atoms with Crippen LogP contribution in [0.25, 0.3) is 21.9 Å². The summed E-state index contributed by atoms with van der Waals surface area (Å²) in [5, 5.41) is 5.15. The van der Waals surface area contributed by atoms with Crippen LogP contribution in [0.4, 0.5) is 10.8 Å². The predicted octanol–water partition coefficient (Wildman–Crippen LogP) is 3.31. The molecule has 1 saturated heterocycles. The van der Waals surface area contributed by atoms with E-state index in [-0.39, 0.29) is 29.7 Å². The number of primary amides is 1. The lowest BCUT2D eigenvalue weighted by Crippen LogP contribution is -2.41. The summed E-state index contributed by atoms with van der Waals surface area (Å²) >= 11 is 14.5. The Hall–Kier alpha value is -2.40. The van der Waals surface area contributed by atoms with Gasteiger partial charge in [-0.25, -0.2) is 15.0 Å². The molecule has 12 heteroatoms. The van der Waals surface area contributed by atoms with Crippen molar-refractivity contribution < 1.29 is 9.53 Å². The quantitative estimate of drug-likeness (QED) is 0.454. The maximum atomic E-state index is 12.2. The van der Waals surface area contributed by atoms with Crippen molar-refractivity contribution in [2.75, 3.05) is 36.5 Å². The van der Waals surface area contributed by atoms with Gasteiger partial charge in [0.1, 0.15) is 10.4 Å². The molecule has 4 heterocycles. The molecule has 4 unspecified atom stereocenters. The molecule has 1 saturated carbocycles. The lowest BCUT2D eigenvalue weighted by molar-refractivity contribution is -0.122. The smallest absolute Gasteiger partial charge is 0.223 e. The third-order valence-corrected chi connectivity index (χ3v) is 8.44. The second kappa shape index (κ2) is 8.12. The Morgan fingerprint density at radius 3 is 2.82 bits per heavy atom. The van der Waals surface area contributed by atoms with Gasteiger partial charge in [0.25, 0.3) is 0 Å². The number of aromatic nitrogens is 4. The topological polar surface area (TPSA) is 122 Å². The van der Waals surface area contributed by atoms with Crippen molar-refractivity contribution in [2.45, 2.75) is 12.5 Å². The first-order valence-corrected chi connectivity index (χ1v) is 12.3. The molecule has 1 aliphatic heterocycles. The third kappa shape index (κ3) is 3.56. The first-order valence-electron chi connectivity index (χ1n) is 10.8. The molecule has 3 aromatic rings. The molecule has 3 aromatic heterocycles. The van der Waals surface area contributed by atoms with Crippen molar-refractivity contribution in [3.63, 3.8) is 0 Å². The van der Waals surface area contributed by atoms with E-state index in [9.17, 15) is 4.79 Å². The number of nitrogens with zero attached hydrogens (tertiary/aromatic N) is 4. The minimum atomic E-state index is -0.303. The number of allylic oxidation sites excluding steroid dienone is 1. The average molecular weight is 506 g/mol. The predicted molar refractivity (Wildman–Crippen MR) is 129 cm³/mol. The average Bonchev–Trinajstić information content (AvgIpc) is 3.58. The van der Waals surface area contributed by atoms with E-state index in [1.165, 1.54) is 11.3 Å². The van der Waals surface area contributed by atoms with Gasteiger partial charge in [-0.2, -0.15) is 0 Å². The third-order valence-electron chi connectivity index (χ3n) is 6.64. The molecule has 9 nitrogen and oxygen atoms in total. The number of anilines is 2. The van der Waals surface area contributed by atoms with Crippen LogP contribution in [0.5, 0.6) is 0 Å². The van der Waals surface area contributed by atoms with E-state index in [4.69, 9.17) is 33.7 Å². The highest BCUT2D eigenvalue weighted by molar-refractivity contribution is 7.19. The lowest BCUT2D eigenvalue weighted by atomic mass is 9.88. The molecule has 3 aliphatic rings. The molecule has 0 radical (unpaired) electrons. The molecule has 4 atom stereocenters. The maximum absolute atomic E-state index is 12.2. The zero-order chi connectivity index (χ0) is 22.7. The van der Waals surface area contributed by atoms with Crippen molar-refractivity contribution in [3.8, 4) is 10.7 Å². The summed E-state index contributed by atoms with van der Waals surface area (Å²) in [7, 11) is 0. The van der Waals surface area contributed by atoms with Crippen LogP contribution in [0.1, 0.15) is 6.42 Å². The summed E-state index contributed by atoms with van der Waals surface area (Å²) < 4.78 is 5.43. The highest BCUT2D eigenvalue weighted by atomic mass is 35.5. The SMILES string of the molecule is NC(=O)C1C2C=CC(C2)C1Nc1c(Cl)cnc2nc(-c3sc(N4CCOCC4)nc3Cl)[nH]c12. The van der Waals surface area contributed by atoms with Crippen LogP contribution < -0.4 is 16.0 Å². The van der Waals surface area contributed by atoms with E-state index in [1.54, 1.807) is 6.20 Å². The van der Waals surface area contributed by atoms with E-state index in [0.29, 0.717) is 46.1 Å². The molecule has 4 N–H and O–H groups in total. The second-order valence-electron chi connectivity index (χ2n) is 8.53. The number of H-pyrrole nitrogens is 1. The number of imidazole rings is 1. The molecule has 2 aliphatic carbocycles. The second-order valence-corrected chi connectivity index (χ2v) is 10.3. The highest BCUT2D eigenvalue weighted by Crippen LogP contribution is 2.46. The fourth-order valence-electron chi connectivity index (χ4n) is 5.08. The Morgan fingerprint density at radius 2 is 2.03 bits per heavy atom. The van der Waals surface area contributed by atoms with Gasteiger partial charge in [-0.3, -0.25) is 4.79 Å². The van der Waals surface area contributed by atoms with Crippen LogP contribution in [-0.2, 0) is 9.53 Å². The minimum Gasteiger partial charge on any atom is -0.378 e. The number of ether oxygens (including phenoxy) is 1. The number of thiazole rings is 1. The normalized spacial score (nSPS) is 26.4. The molecule has 6 rings (SSSR count). The van der Waals surface area contributed by atoms with Crippen LogP contribution in [0.2, 0.25) is 10.2 Å². The molecule has 172 valence electrons. The van der Waals surface area contributed by atoms with Crippen molar-refractivity contribution >= 4 is 62.4 Å². The van der Waals surface area contributed by atoms with Gasteiger partial charge in [0.05, 0.1) is 36.0 Å². The number of carbonyl (C=O) groups is 1. The highest BCUT2D eigenvalue weighted by Gasteiger charge is 2.47. The number of hydrogen-bond acceptors (Lipinski definition) is 8. The van der Waals surface area contributed by atoms with Gasteiger partial charge in [0.2, 0.25) is 5.91 Å². The molecule has 1 amide bonds. The Morgan fingerprint density at radius 1 is 1.24 bits per heavy atom. The number of morpholine rings is 1. The lowest BCUT2D eigenvalue weighted by Gasteiger charge is -2.28. The van der Waals surface area contributed by atoms with E-state index >= 15 is 0 Å². The van der Waals surface area contributed by atoms with Crippen molar-refractivity contribution in [1.29, 1.82) is 0 Å². The number of fused-ring (bicyclic) bond motifs is 3. The summed E-state index contributed by atoms with van der Waals surface area (Å²) in [5.41, 5.74) is 7.55.